The van der Waals surface area contributed by atoms with Gasteiger partial charge in [-0.1, -0.05) is 50.9 Å². The number of halogens is 2. The van der Waals surface area contributed by atoms with Crippen LogP contribution in [0.2, 0.25) is 10.0 Å². The van der Waals surface area contributed by atoms with Crippen LogP contribution in [0.1, 0.15) is 61.3 Å². The van der Waals surface area contributed by atoms with Crippen molar-refractivity contribution in [2.24, 2.45) is 11.8 Å². The third kappa shape index (κ3) is 7.97. The first-order chi connectivity index (χ1) is 21.9. The lowest BCUT2D eigenvalue weighted by molar-refractivity contribution is -0.383. The molecule has 2 aromatic heterocycles. The summed E-state index contributed by atoms with van der Waals surface area (Å²) in [6.07, 6.45) is 3.28. The minimum Gasteiger partial charge on any atom is -0.347 e. The summed E-state index contributed by atoms with van der Waals surface area (Å²) in [6.45, 7) is 7.33. The standard InChI is InChI=1S/C15H15ClN2O5S.C15H15ClN2O4S/c1-7(2)6-10(19)12-14(20)11-9(18(21)22)5-4-8(16)13(11)17-15(12)24(3)23;1-7(2)6-10(19)12-14(20)11-9(18(21)22)5-4-8(16)13(11)17-15(12)23-3/h4-5,7H,6H2,1-3H3,(H,17,20);4-5,7H,6H2,1-3H3,(H,17,20). The molecule has 2 aromatic carbocycles. The second kappa shape index (κ2) is 15.3. The molecule has 4 aromatic rings. The molecule has 0 saturated heterocycles. The number of rotatable bonds is 10. The summed E-state index contributed by atoms with van der Waals surface area (Å²) in [5.74, 6) is -0.795. The van der Waals surface area contributed by atoms with Crippen molar-refractivity contribution in [3.63, 3.8) is 0 Å². The second-order valence-corrected chi connectivity index (χ2v) is 14.1. The molecular weight excluding hydrogens is 695 g/mol. The summed E-state index contributed by atoms with van der Waals surface area (Å²) in [5, 5.41) is 22.6. The smallest absolute Gasteiger partial charge is 0.282 e. The van der Waals surface area contributed by atoms with Gasteiger partial charge >= 0.3 is 0 Å². The van der Waals surface area contributed by atoms with Crippen molar-refractivity contribution in [3.8, 4) is 0 Å². The van der Waals surface area contributed by atoms with Crippen LogP contribution in [-0.2, 0) is 10.8 Å². The molecule has 2 heterocycles. The molecule has 0 aliphatic carbocycles. The van der Waals surface area contributed by atoms with Crippen molar-refractivity contribution in [2.45, 2.75) is 50.6 Å². The average molecular weight is 726 g/mol. The molecular formula is C30H30Cl2N4O9S2. The Balaban J connectivity index is 0.000000256. The van der Waals surface area contributed by atoms with E-state index in [1.807, 2.05) is 13.8 Å². The molecule has 1 unspecified atom stereocenters. The van der Waals surface area contributed by atoms with Gasteiger partial charge in [0, 0.05) is 31.2 Å². The molecule has 2 N–H and O–H groups in total. The third-order valence-electron chi connectivity index (χ3n) is 6.73. The van der Waals surface area contributed by atoms with Crippen molar-refractivity contribution in [3.05, 3.63) is 86.1 Å². The molecule has 0 aliphatic rings. The van der Waals surface area contributed by atoms with E-state index < -0.39 is 43.0 Å². The van der Waals surface area contributed by atoms with Gasteiger partial charge in [0.15, 0.2) is 11.6 Å². The number of non-ortho nitro benzene ring substituents is 2. The Morgan fingerprint density at radius 1 is 0.809 bits per heavy atom. The lowest BCUT2D eigenvalue weighted by Crippen LogP contribution is -2.22. The summed E-state index contributed by atoms with van der Waals surface area (Å²) in [6, 6.07) is 4.92. The second-order valence-electron chi connectivity index (χ2n) is 11.2. The Morgan fingerprint density at radius 2 is 1.21 bits per heavy atom. The summed E-state index contributed by atoms with van der Waals surface area (Å²) in [5.41, 5.74) is -2.46. The van der Waals surface area contributed by atoms with E-state index in [9.17, 15) is 43.6 Å². The fourth-order valence-corrected chi connectivity index (χ4v) is 6.53. The lowest BCUT2D eigenvalue weighted by Gasteiger charge is -2.11. The zero-order valence-corrected chi connectivity index (χ0v) is 29.2. The van der Waals surface area contributed by atoms with E-state index in [-0.39, 0.29) is 84.2 Å². The maximum Gasteiger partial charge on any atom is 0.282 e. The normalized spacial score (nSPS) is 11.9. The first kappa shape index (κ1) is 37.5. The molecule has 0 saturated carbocycles. The van der Waals surface area contributed by atoms with Crippen molar-refractivity contribution >= 4 is 90.5 Å². The van der Waals surface area contributed by atoms with Gasteiger partial charge in [-0.3, -0.25) is 43.6 Å². The molecule has 13 nitrogen and oxygen atoms in total. The zero-order valence-electron chi connectivity index (χ0n) is 26.0. The number of ketones is 2. The minimum absolute atomic E-state index is 0.00200. The van der Waals surface area contributed by atoms with Crippen LogP contribution in [-0.4, -0.2) is 48.1 Å². The minimum atomic E-state index is -1.67. The topological polar surface area (TPSA) is 203 Å². The average Bonchev–Trinajstić information content (AvgIpc) is 2.96. The number of aromatic amines is 2. The predicted octanol–water partition coefficient (Wildman–Crippen LogP) is 7.10. The number of nitro benzene ring substituents is 2. The molecule has 1 atom stereocenters. The first-order valence-electron chi connectivity index (χ1n) is 13.9. The largest absolute Gasteiger partial charge is 0.347 e. The molecule has 0 aliphatic heterocycles. The number of H-pyrrole nitrogens is 2. The Hall–Kier alpha value is -3.92. The van der Waals surface area contributed by atoms with Gasteiger partial charge in [0.25, 0.3) is 11.4 Å². The van der Waals surface area contributed by atoms with Gasteiger partial charge in [0.2, 0.25) is 10.9 Å². The van der Waals surface area contributed by atoms with E-state index in [1.165, 1.54) is 36.2 Å². The maximum absolute atomic E-state index is 12.8. The quantitative estimate of drug-likeness (QED) is 0.0735. The van der Waals surface area contributed by atoms with E-state index in [0.717, 1.165) is 6.07 Å². The van der Waals surface area contributed by atoms with Gasteiger partial charge in [-0.2, -0.15) is 0 Å². The van der Waals surface area contributed by atoms with Gasteiger partial charge in [0.05, 0.1) is 57.9 Å². The van der Waals surface area contributed by atoms with Crippen LogP contribution in [0.5, 0.6) is 0 Å². The molecule has 0 amide bonds. The third-order valence-corrected chi connectivity index (χ3v) is 8.96. The van der Waals surface area contributed by atoms with Crippen LogP contribution in [0.15, 0.2) is 43.9 Å². The monoisotopic (exact) mass is 724 g/mol. The maximum atomic E-state index is 12.8. The van der Waals surface area contributed by atoms with E-state index in [1.54, 1.807) is 20.1 Å². The number of aromatic nitrogens is 2. The number of pyridine rings is 2. The molecule has 0 spiro atoms. The van der Waals surface area contributed by atoms with Crippen LogP contribution >= 0.6 is 35.0 Å². The highest BCUT2D eigenvalue weighted by Crippen LogP contribution is 2.32. The molecule has 0 radical (unpaired) electrons. The highest BCUT2D eigenvalue weighted by Gasteiger charge is 2.28. The fraction of sp³-hybridized carbons (Fsp3) is 0.333. The van der Waals surface area contributed by atoms with E-state index in [2.05, 4.69) is 9.97 Å². The number of carbonyl (C=O) groups excluding carboxylic acids is 2. The summed E-state index contributed by atoms with van der Waals surface area (Å²) in [7, 11) is -1.67. The zero-order chi connectivity index (χ0) is 35.5. The van der Waals surface area contributed by atoms with Gasteiger partial charge < -0.3 is 9.97 Å². The lowest BCUT2D eigenvalue weighted by atomic mass is 10.0. The predicted molar refractivity (Wildman–Crippen MR) is 184 cm³/mol. The van der Waals surface area contributed by atoms with Crippen molar-refractivity contribution in [1.82, 2.24) is 9.97 Å². The number of benzene rings is 2. The molecule has 0 fully saturated rings. The van der Waals surface area contributed by atoms with Crippen molar-refractivity contribution < 1.29 is 23.6 Å². The van der Waals surface area contributed by atoms with Crippen molar-refractivity contribution in [2.75, 3.05) is 12.5 Å². The van der Waals surface area contributed by atoms with Gasteiger partial charge in [-0.25, -0.2) is 0 Å². The van der Waals surface area contributed by atoms with Gasteiger partial charge in [-0.05, 0) is 30.2 Å². The number of thioether (sulfide) groups is 1. The van der Waals surface area contributed by atoms with E-state index in [4.69, 9.17) is 23.2 Å². The van der Waals surface area contributed by atoms with Gasteiger partial charge in [0.1, 0.15) is 15.8 Å². The Bertz CT molecular complexity index is 2090. The first-order valence-corrected chi connectivity index (χ1v) is 17.5. The van der Waals surface area contributed by atoms with Crippen molar-refractivity contribution in [1.29, 1.82) is 0 Å². The molecule has 250 valence electrons. The Morgan fingerprint density at radius 3 is 1.60 bits per heavy atom. The molecule has 47 heavy (non-hydrogen) atoms. The van der Waals surface area contributed by atoms with Crippen LogP contribution in [0.4, 0.5) is 11.4 Å². The Labute approximate surface area is 284 Å². The fourth-order valence-electron chi connectivity index (χ4n) is 4.77. The number of carbonyl (C=O) groups is 2. The molecule has 17 heteroatoms. The number of nitro groups is 2. The summed E-state index contributed by atoms with van der Waals surface area (Å²) < 4.78 is 12.0. The van der Waals surface area contributed by atoms with Crippen LogP contribution in [0.3, 0.4) is 0 Å². The SMILES string of the molecule is CC(C)CC(=O)c1c(S(C)=O)[nH]c2c(Cl)ccc([N+](=O)[O-])c2c1=O.CSc1[nH]c2c(Cl)ccc([N+](=O)[O-])c2c(=O)c1C(=O)CC(C)C. The number of hydrogen-bond donors (Lipinski definition) is 2. The number of hydrogen-bond acceptors (Lipinski definition) is 10. The summed E-state index contributed by atoms with van der Waals surface area (Å²) >= 11 is 13.3. The molecule has 4 rings (SSSR count). The Kier molecular flexibility index (Phi) is 12.2. The van der Waals surface area contributed by atoms with Crippen LogP contribution < -0.4 is 10.9 Å². The molecule has 0 bridgehead atoms. The van der Waals surface area contributed by atoms with E-state index in [0.29, 0.717) is 5.03 Å². The number of nitrogens with one attached hydrogen (secondary N) is 2. The number of Topliss-reactive ketones (excluding diaryl/α,β-unsaturated/α-hetero) is 2. The summed E-state index contributed by atoms with van der Waals surface area (Å²) in [4.78, 5) is 77.2. The van der Waals surface area contributed by atoms with Crippen LogP contribution in [0.25, 0.3) is 21.8 Å². The van der Waals surface area contributed by atoms with Gasteiger partial charge in [-0.15, -0.1) is 11.8 Å². The highest BCUT2D eigenvalue weighted by atomic mass is 35.5. The number of nitrogens with zero attached hydrogens (tertiary/aromatic N) is 2. The number of fused-ring (bicyclic) bond motifs is 2. The van der Waals surface area contributed by atoms with E-state index >= 15 is 0 Å². The van der Waals surface area contributed by atoms with Crippen LogP contribution in [0, 0.1) is 32.1 Å². The highest BCUT2D eigenvalue weighted by molar-refractivity contribution is 7.98.